The lowest BCUT2D eigenvalue weighted by atomic mass is 9.83. The SMILES string of the molecule is C=C(Nc1cncc(-c2cc(F)c3n[nH]c(-c4nc5c(-c6ccccc6F)nccc5[nH]4)c3c2)c1)C1CCC1. The Bertz CT molecular complexity index is 1880. The highest BCUT2D eigenvalue weighted by atomic mass is 19.1. The van der Waals surface area contributed by atoms with E-state index in [4.69, 9.17) is 4.98 Å². The highest BCUT2D eigenvalue weighted by Gasteiger charge is 2.21. The van der Waals surface area contributed by atoms with Crippen molar-refractivity contribution in [2.75, 3.05) is 5.32 Å². The average Bonchev–Trinajstić information content (AvgIpc) is 3.52. The number of nitrogens with zero attached hydrogens (tertiary/aromatic N) is 4. The molecule has 4 aromatic heterocycles. The monoisotopic (exact) mass is 519 g/mol. The molecular formula is C30H23F2N7. The highest BCUT2D eigenvalue weighted by Crippen LogP contribution is 2.36. The second-order valence-electron chi connectivity index (χ2n) is 9.81. The van der Waals surface area contributed by atoms with Crippen molar-refractivity contribution < 1.29 is 8.78 Å². The van der Waals surface area contributed by atoms with E-state index in [1.54, 1.807) is 42.9 Å². The Kier molecular flexibility index (Phi) is 5.43. The van der Waals surface area contributed by atoms with E-state index in [1.165, 1.54) is 18.6 Å². The summed E-state index contributed by atoms with van der Waals surface area (Å²) in [5.74, 6) is 0.0724. The van der Waals surface area contributed by atoms with Crippen LogP contribution in [0.3, 0.4) is 0 Å². The molecule has 0 aliphatic heterocycles. The molecule has 1 aliphatic rings. The van der Waals surface area contributed by atoms with E-state index in [-0.39, 0.29) is 11.3 Å². The molecule has 9 heteroatoms. The van der Waals surface area contributed by atoms with E-state index in [0.29, 0.717) is 50.7 Å². The zero-order valence-corrected chi connectivity index (χ0v) is 20.8. The molecule has 7 nitrogen and oxygen atoms in total. The Morgan fingerprint density at radius 2 is 1.85 bits per heavy atom. The predicted molar refractivity (Wildman–Crippen MR) is 148 cm³/mol. The fourth-order valence-electron chi connectivity index (χ4n) is 5.04. The van der Waals surface area contributed by atoms with Crippen molar-refractivity contribution in [2.24, 2.45) is 5.92 Å². The number of rotatable bonds is 6. The number of anilines is 1. The molecule has 2 aromatic carbocycles. The number of fused-ring (bicyclic) bond motifs is 2. The topological polar surface area (TPSA) is 95.2 Å². The maximum Gasteiger partial charge on any atom is 0.157 e. The Morgan fingerprint density at radius 1 is 0.974 bits per heavy atom. The molecular weight excluding hydrogens is 496 g/mol. The van der Waals surface area contributed by atoms with Gasteiger partial charge in [-0.25, -0.2) is 13.8 Å². The quantitative estimate of drug-likeness (QED) is 0.216. The predicted octanol–water partition coefficient (Wildman–Crippen LogP) is 7.23. The van der Waals surface area contributed by atoms with E-state index in [2.05, 4.69) is 37.0 Å². The van der Waals surface area contributed by atoms with Crippen molar-refractivity contribution in [1.29, 1.82) is 0 Å². The smallest absolute Gasteiger partial charge is 0.157 e. The van der Waals surface area contributed by atoms with Crippen molar-refractivity contribution in [3.63, 3.8) is 0 Å². The van der Waals surface area contributed by atoms with Gasteiger partial charge in [-0.2, -0.15) is 5.10 Å². The molecule has 39 heavy (non-hydrogen) atoms. The van der Waals surface area contributed by atoms with Crippen LogP contribution in [0.2, 0.25) is 0 Å². The standard InChI is InChI=1S/C30H23F2N7/c1-16(17-5-4-6-17)35-20-11-19(14-33-15-20)18-12-22-26(24(32)13-18)38-39-28(22)30-36-25-9-10-34-27(29(25)37-30)21-7-2-3-8-23(21)31/h2-3,7-15,17,35H,1,4-6H2,(H,36,37)(H,38,39). The molecule has 0 spiro atoms. The molecule has 1 saturated carbocycles. The first-order valence-corrected chi connectivity index (χ1v) is 12.7. The minimum atomic E-state index is -0.466. The van der Waals surface area contributed by atoms with Gasteiger partial charge in [0, 0.05) is 34.6 Å². The van der Waals surface area contributed by atoms with Gasteiger partial charge in [-0.05, 0) is 60.7 Å². The lowest BCUT2D eigenvalue weighted by Crippen LogP contribution is -2.18. The summed E-state index contributed by atoms with van der Waals surface area (Å²) in [6, 6.07) is 13.4. The van der Waals surface area contributed by atoms with Crippen LogP contribution in [-0.4, -0.2) is 30.1 Å². The minimum absolute atomic E-state index is 0.197. The lowest BCUT2D eigenvalue weighted by molar-refractivity contribution is 0.371. The van der Waals surface area contributed by atoms with Gasteiger partial charge in [0.1, 0.15) is 28.2 Å². The number of aromatic nitrogens is 6. The first-order valence-electron chi connectivity index (χ1n) is 12.7. The fraction of sp³-hybridized carbons (Fsp3) is 0.133. The molecule has 7 rings (SSSR count). The molecule has 0 bridgehead atoms. The third kappa shape index (κ3) is 4.03. The number of pyridine rings is 2. The van der Waals surface area contributed by atoms with Crippen LogP contribution in [0, 0.1) is 17.6 Å². The lowest BCUT2D eigenvalue weighted by Gasteiger charge is -2.28. The fourth-order valence-corrected chi connectivity index (χ4v) is 5.04. The zero-order chi connectivity index (χ0) is 26.5. The summed E-state index contributed by atoms with van der Waals surface area (Å²) in [5.41, 5.74) is 5.86. The summed E-state index contributed by atoms with van der Waals surface area (Å²) in [4.78, 5) is 16.7. The number of aromatic amines is 2. The zero-order valence-electron chi connectivity index (χ0n) is 20.8. The number of hydrogen-bond donors (Lipinski definition) is 3. The van der Waals surface area contributed by atoms with Crippen LogP contribution in [0.4, 0.5) is 14.5 Å². The van der Waals surface area contributed by atoms with Crippen LogP contribution in [0.15, 0.2) is 79.4 Å². The summed E-state index contributed by atoms with van der Waals surface area (Å²) < 4.78 is 29.8. The van der Waals surface area contributed by atoms with Gasteiger partial charge in [0.25, 0.3) is 0 Å². The number of H-pyrrole nitrogens is 2. The van der Waals surface area contributed by atoms with E-state index in [1.807, 2.05) is 12.1 Å². The maximum atomic E-state index is 15.3. The van der Waals surface area contributed by atoms with Crippen LogP contribution in [0.1, 0.15) is 19.3 Å². The van der Waals surface area contributed by atoms with E-state index < -0.39 is 5.82 Å². The Labute approximate surface area is 222 Å². The van der Waals surface area contributed by atoms with Crippen LogP contribution in [0.5, 0.6) is 0 Å². The number of halogens is 2. The third-order valence-corrected chi connectivity index (χ3v) is 7.35. The highest BCUT2D eigenvalue weighted by molar-refractivity contribution is 5.98. The van der Waals surface area contributed by atoms with Gasteiger partial charge >= 0.3 is 0 Å². The van der Waals surface area contributed by atoms with E-state index in [0.717, 1.165) is 29.8 Å². The summed E-state index contributed by atoms with van der Waals surface area (Å²) in [7, 11) is 0. The van der Waals surface area contributed by atoms with Crippen molar-refractivity contribution in [3.05, 3.63) is 91.0 Å². The van der Waals surface area contributed by atoms with Crippen molar-refractivity contribution in [3.8, 4) is 33.9 Å². The molecule has 6 aromatic rings. The van der Waals surface area contributed by atoms with Gasteiger partial charge in [0.15, 0.2) is 11.6 Å². The molecule has 0 unspecified atom stereocenters. The molecule has 0 amide bonds. The van der Waals surface area contributed by atoms with E-state index >= 15 is 4.39 Å². The molecule has 1 aliphatic carbocycles. The number of benzene rings is 2. The molecule has 4 heterocycles. The van der Waals surface area contributed by atoms with Gasteiger partial charge in [-0.1, -0.05) is 25.1 Å². The van der Waals surface area contributed by atoms with Crippen LogP contribution in [0.25, 0.3) is 55.8 Å². The van der Waals surface area contributed by atoms with Crippen LogP contribution >= 0.6 is 0 Å². The number of imidazole rings is 1. The number of hydrogen-bond acceptors (Lipinski definition) is 5. The molecule has 3 N–H and O–H groups in total. The van der Waals surface area contributed by atoms with Crippen molar-refractivity contribution in [1.82, 2.24) is 30.1 Å². The van der Waals surface area contributed by atoms with Gasteiger partial charge in [0.2, 0.25) is 0 Å². The second kappa shape index (κ2) is 9.13. The Balaban J connectivity index is 1.30. The van der Waals surface area contributed by atoms with Crippen LogP contribution < -0.4 is 5.32 Å². The Hall–Kier alpha value is -4.92. The summed E-state index contributed by atoms with van der Waals surface area (Å²) in [6.07, 6.45) is 8.55. The van der Waals surface area contributed by atoms with E-state index in [9.17, 15) is 4.39 Å². The maximum absolute atomic E-state index is 15.3. The molecule has 192 valence electrons. The van der Waals surface area contributed by atoms with Gasteiger partial charge in [0.05, 0.1) is 17.4 Å². The Morgan fingerprint density at radius 3 is 2.67 bits per heavy atom. The summed E-state index contributed by atoms with van der Waals surface area (Å²) in [6.45, 7) is 4.17. The third-order valence-electron chi connectivity index (χ3n) is 7.35. The van der Waals surface area contributed by atoms with Crippen molar-refractivity contribution >= 4 is 27.6 Å². The minimum Gasteiger partial charge on any atom is -0.358 e. The first kappa shape index (κ1) is 23.2. The number of nitrogens with one attached hydrogen (secondary N) is 3. The molecule has 0 radical (unpaired) electrons. The van der Waals surface area contributed by atoms with Gasteiger partial charge < -0.3 is 10.3 Å². The number of allylic oxidation sites excluding steroid dienone is 1. The first-order chi connectivity index (χ1) is 19.0. The van der Waals surface area contributed by atoms with Crippen molar-refractivity contribution in [2.45, 2.75) is 19.3 Å². The molecule has 0 saturated heterocycles. The largest absolute Gasteiger partial charge is 0.358 e. The van der Waals surface area contributed by atoms with Crippen LogP contribution in [-0.2, 0) is 0 Å². The summed E-state index contributed by atoms with van der Waals surface area (Å²) >= 11 is 0. The molecule has 1 fully saturated rings. The average molecular weight is 520 g/mol. The molecule has 0 atom stereocenters. The summed E-state index contributed by atoms with van der Waals surface area (Å²) in [5, 5.41) is 11.1. The second-order valence-corrected chi connectivity index (χ2v) is 9.81. The normalized spacial score (nSPS) is 13.6. The van der Waals surface area contributed by atoms with Gasteiger partial charge in [-0.3, -0.25) is 15.1 Å². The van der Waals surface area contributed by atoms with Gasteiger partial charge in [-0.15, -0.1) is 0 Å².